The van der Waals surface area contributed by atoms with Crippen LogP contribution < -0.4 is 10.3 Å². The van der Waals surface area contributed by atoms with E-state index in [1.165, 1.54) is 4.57 Å². The van der Waals surface area contributed by atoms with E-state index in [0.717, 1.165) is 11.4 Å². The summed E-state index contributed by atoms with van der Waals surface area (Å²) in [6, 6.07) is 12.7. The molecule has 180 valence electrons. The van der Waals surface area contributed by atoms with Crippen LogP contribution >= 0.6 is 11.6 Å². The van der Waals surface area contributed by atoms with E-state index >= 15 is 0 Å². The lowest BCUT2D eigenvalue weighted by Gasteiger charge is -2.17. The van der Waals surface area contributed by atoms with E-state index in [0.29, 0.717) is 39.2 Å². The molecule has 35 heavy (non-hydrogen) atoms. The zero-order valence-corrected chi connectivity index (χ0v) is 21.0. The van der Waals surface area contributed by atoms with Gasteiger partial charge in [0, 0.05) is 17.5 Å². The van der Waals surface area contributed by atoms with E-state index in [9.17, 15) is 9.90 Å². The molecule has 1 N–H and O–H groups in total. The van der Waals surface area contributed by atoms with E-state index in [2.05, 4.69) is 19.9 Å². The third kappa shape index (κ3) is 5.23. The highest BCUT2D eigenvalue weighted by Gasteiger charge is 2.21. The standard InChI is InChI=1S/C26H26ClN5O3/c1-15-7-6-8-19(29-15)14-35-23-16(2)24(33)32(17(3)30-23)22-13-18(9-10-20(22)27)21-11-12-28-25(31-21)26(4,5)34/h6-13,34H,14H2,1-5H3. The molecular formula is C26H26ClN5O3. The maximum Gasteiger partial charge on any atom is 0.264 e. The molecule has 0 atom stereocenters. The number of nitrogens with zero attached hydrogens (tertiary/aromatic N) is 5. The van der Waals surface area contributed by atoms with Crippen molar-refractivity contribution in [2.45, 2.75) is 46.8 Å². The Morgan fingerprint density at radius 1 is 1.06 bits per heavy atom. The summed E-state index contributed by atoms with van der Waals surface area (Å²) in [7, 11) is 0. The van der Waals surface area contributed by atoms with Crippen LogP contribution in [0.5, 0.6) is 5.88 Å². The Hall–Kier alpha value is -3.62. The molecule has 0 unspecified atom stereocenters. The molecule has 4 rings (SSSR count). The van der Waals surface area contributed by atoms with Gasteiger partial charge in [-0.15, -0.1) is 0 Å². The van der Waals surface area contributed by atoms with Gasteiger partial charge in [0.15, 0.2) is 5.82 Å². The van der Waals surface area contributed by atoms with Crippen LogP contribution in [0.3, 0.4) is 0 Å². The Bertz CT molecular complexity index is 1460. The zero-order chi connectivity index (χ0) is 25.3. The van der Waals surface area contributed by atoms with Gasteiger partial charge in [-0.25, -0.2) is 9.97 Å². The van der Waals surface area contributed by atoms with Gasteiger partial charge in [-0.3, -0.25) is 14.3 Å². The average Bonchev–Trinajstić information content (AvgIpc) is 2.81. The molecule has 0 aliphatic rings. The number of hydrogen-bond donors (Lipinski definition) is 1. The number of aryl methyl sites for hydroxylation is 2. The van der Waals surface area contributed by atoms with Crippen LogP contribution in [-0.2, 0) is 12.2 Å². The highest BCUT2D eigenvalue weighted by molar-refractivity contribution is 6.32. The van der Waals surface area contributed by atoms with Crippen LogP contribution in [0.15, 0.2) is 53.5 Å². The predicted molar refractivity (Wildman–Crippen MR) is 134 cm³/mol. The molecule has 0 aliphatic carbocycles. The summed E-state index contributed by atoms with van der Waals surface area (Å²) in [6.45, 7) is 8.74. The number of halogens is 1. The molecule has 8 nitrogen and oxygen atoms in total. The number of benzene rings is 1. The van der Waals surface area contributed by atoms with Gasteiger partial charge in [-0.1, -0.05) is 23.7 Å². The maximum absolute atomic E-state index is 13.4. The van der Waals surface area contributed by atoms with Crippen molar-refractivity contribution in [3.63, 3.8) is 0 Å². The molecule has 0 saturated carbocycles. The average molecular weight is 492 g/mol. The van der Waals surface area contributed by atoms with E-state index in [1.54, 1.807) is 58.2 Å². The van der Waals surface area contributed by atoms with Crippen molar-refractivity contribution >= 4 is 11.6 Å². The van der Waals surface area contributed by atoms with Crippen LogP contribution in [0, 0.1) is 20.8 Å². The minimum Gasteiger partial charge on any atom is -0.471 e. The quantitative estimate of drug-likeness (QED) is 0.424. The Kier molecular flexibility index (Phi) is 6.69. The SMILES string of the molecule is Cc1cccc(COc2nc(C)n(-c3cc(-c4ccnc(C(C)(C)O)n4)ccc3Cl)c(=O)c2C)n1. The van der Waals surface area contributed by atoms with Crippen molar-refractivity contribution < 1.29 is 9.84 Å². The molecule has 0 saturated heterocycles. The first-order valence-corrected chi connectivity index (χ1v) is 11.4. The molecule has 0 radical (unpaired) electrons. The summed E-state index contributed by atoms with van der Waals surface area (Å²) in [5.74, 6) is 0.971. The Balaban J connectivity index is 1.72. The Morgan fingerprint density at radius 3 is 2.54 bits per heavy atom. The van der Waals surface area contributed by atoms with Crippen molar-refractivity contribution in [1.29, 1.82) is 0 Å². The molecule has 3 aromatic heterocycles. The summed E-state index contributed by atoms with van der Waals surface area (Å²) in [5.41, 5.74) is 2.29. The van der Waals surface area contributed by atoms with Gasteiger partial charge in [0.1, 0.15) is 18.0 Å². The number of hydrogen-bond acceptors (Lipinski definition) is 7. The number of rotatable bonds is 6. The molecule has 1 aromatic carbocycles. The summed E-state index contributed by atoms with van der Waals surface area (Å²) < 4.78 is 7.29. The van der Waals surface area contributed by atoms with Crippen molar-refractivity contribution in [1.82, 2.24) is 24.5 Å². The number of ether oxygens (including phenoxy) is 1. The number of pyridine rings is 1. The minimum atomic E-state index is -1.19. The van der Waals surface area contributed by atoms with Crippen LogP contribution in [0.2, 0.25) is 5.02 Å². The number of aromatic nitrogens is 5. The molecule has 3 heterocycles. The van der Waals surface area contributed by atoms with Gasteiger partial charge in [0.2, 0.25) is 5.88 Å². The molecule has 0 spiro atoms. The van der Waals surface area contributed by atoms with E-state index in [-0.39, 0.29) is 18.0 Å². The Labute approximate surface area is 208 Å². The van der Waals surface area contributed by atoms with Crippen molar-refractivity contribution in [3.05, 3.63) is 92.6 Å². The van der Waals surface area contributed by atoms with Crippen molar-refractivity contribution in [2.75, 3.05) is 0 Å². The van der Waals surface area contributed by atoms with Gasteiger partial charge in [-0.2, -0.15) is 4.98 Å². The second-order valence-electron chi connectivity index (χ2n) is 8.78. The Morgan fingerprint density at radius 2 is 1.83 bits per heavy atom. The molecule has 0 bridgehead atoms. The number of aliphatic hydroxyl groups is 1. The summed E-state index contributed by atoms with van der Waals surface area (Å²) in [6.07, 6.45) is 1.59. The van der Waals surface area contributed by atoms with Gasteiger partial charge >= 0.3 is 0 Å². The third-order valence-electron chi connectivity index (χ3n) is 5.42. The van der Waals surface area contributed by atoms with Crippen LogP contribution in [0.4, 0.5) is 0 Å². The van der Waals surface area contributed by atoms with E-state index in [4.69, 9.17) is 16.3 Å². The van der Waals surface area contributed by atoms with Crippen molar-refractivity contribution in [3.8, 4) is 22.8 Å². The van der Waals surface area contributed by atoms with Gasteiger partial charge < -0.3 is 9.84 Å². The summed E-state index contributed by atoms with van der Waals surface area (Å²) >= 11 is 6.51. The van der Waals surface area contributed by atoms with Gasteiger partial charge in [0.05, 0.1) is 27.7 Å². The first kappa shape index (κ1) is 24.5. The highest BCUT2D eigenvalue weighted by Crippen LogP contribution is 2.28. The van der Waals surface area contributed by atoms with E-state index in [1.807, 2.05) is 25.1 Å². The third-order valence-corrected chi connectivity index (χ3v) is 5.74. The van der Waals surface area contributed by atoms with Crippen LogP contribution in [0.25, 0.3) is 16.9 Å². The highest BCUT2D eigenvalue weighted by atomic mass is 35.5. The molecule has 0 aliphatic heterocycles. The second-order valence-corrected chi connectivity index (χ2v) is 9.19. The summed E-state index contributed by atoms with van der Waals surface area (Å²) in [4.78, 5) is 31.0. The van der Waals surface area contributed by atoms with Gasteiger partial charge in [-0.05, 0) is 65.0 Å². The lowest BCUT2D eigenvalue weighted by Crippen LogP contribution is -2.25. The molecular weight excluding hydrogens is 466 g/mol. The maximum atomic E-state index is 13.4. The van der Waals surface area contributed by atoms with Gasteiger partial charge in [0.25, 0.3) is 5.56 Å². The van der Waals surface area contributed by atoms with Crippen LogP contribution in [0.1, 0.15) is 42.4 Å². The predicted octanol–water partition coefficient (Wildman–Crippen LogP) is 4.47. The lowest BCUT2D eigenvalue weighted by atomic mass is 10.1. The normalized spacial score (nSPS) is 11.5. The molecule has 0 fully saturated rings. The fourth-order valence-corrected chi connectivity index (χ4v) is 3.79. The van der Waals surface area contributed by atoms with Crippen LogP contribution in [-0.4, -0.2) is 29.6 Å². The second kappa shape index (κ2) is 9.56. The largest absolute Gasteiger partial charge is 0.471 e. The fourth-order valence-electron chi connectivity index (χ4n) is 3.59. The molecule has 9 heteroatoms. The first-order valence-electron chi connectivity index (χ1n) is 11.1. The minimum absolute atomic E-state index is 0.200. The monoisotopic (exact) mass is 491 g/mol. The lowest BCUT2D eigenvalue weighted by molar-refractivity contribution is 0.0688. The molecule has 4 aromatic rings. The van der Waals surface area contributed by atoms with Crippen molar-refractivity contribution in [2.24, 2.45) is 0 Å². The zero-order valence-electron chi connectivity index (χ0n) is 20.2. The summed E-state index contributed by atoms with van der Waals surface area (Å²) in [5, 5.41) is 10.7. The first-order chi connectivity index (χ1) is 16.5. The molecule has 0 amide bonds. The fraction of sp³-hybridized carbons (Fsp3) is 0.269. The smallest absolute Gasteiger partial charge is 0.264 e. The topological polar surface area (TPSA) is 103 Å². The van der Waals surface area contributed by atoms with E-state index < -0.39 is 5.60 Å².